The van der Waals surface area contributed by atoms with Crippen molar-refractivity contribution in [2.45, 2.75) is 67.6 Å². The number of aliphatic hydroxyl groups is 7. The second-order valence-corrected chi connectivity index (χ2v) is 13.1. The molecule has 4 aromatic carbocycles. The van der Waals surface area contributed by atoms with Crippen LogP contribution in [-0.4, -0.2) is 122 Å². The molecule has 4 aromatic rings. The number of amides is 4. The smallest absolute Gasteiger partial charge is 0.323 e. The Morgan fingerprint density at radius 3 is 1.46 bits per heavy atom. The van der Waals surface area contributed by atoms with Gasteiger partial charge in [-0.1, -0.05) is 48.5 Å². The van der Waals surface area contributed by atoms with E-state index in [4.69, 9.17) is 19.9 Å². The minimum absolute atomic E-state index is 0.151. The Hall–Kier alpha value is -5.18. The van der Waals surface area contributed by atoms with Crippen LogP contribution in [-0.2, 0) is 20.6 Å². The van der Waals surface area contributed by atoms with Gasteiger partial charge in [-0.3, -0.25) is 0 Å². The molecule has 0 aliphatic carbocycles. The average Bonchev–Trinajstić information content (AvgIpc) is 3.20. The molecule has 6 rings (SSSR count). The van der Waals surface area contributed by atoms with Crippen molar-refractivity contribution in [1.82, 2.24) is 0 Å². The number of nitrogen functional groups attached to an aromatic ring is 1. The van der Waals surface area contributed by atoms with Gasteiger partial charge in [-0.15, -0.1) is 0 Å². The maximum atomic E-state index is 12.2. The highest BCUT2D eigenvalue weighted by Gasteiger charge is 2.50. The number of hydrogen-bond acceptors (Lipinski definition) is 13. The Balaban J connectivity index is 0.000000293. The summed E-state index contributed by atoms with van der Waals surface area (Å²) in [7, 11) is 0. The lowest BCUT2D eigenvalue weighted by atomic mass is 9.91. The molecule has 10 unspecified atom stereocenters. The zero-order valence-electron chi connectivity index (χ0n) is 30.0. The highest BCUT2D eigenvalue weighted by atomic mass is 16.7. The molecule has 0 saturated carbocycles. The van der Waals surface area contributed by atoms with Gasteiger partial charge in [0.1, 0.15) is 48.8 Å². The summed E-state index contributed by atoms with van der Waals surface area (Å²) < 4.78 is 16.7. The van der Waals surface area contributed by atoms with E-state index in [1.54, 1.807) is 72.8 Å². The Labute approximate surface area is 322 Å². The van der Waals surface area contributed by atoms with Gasteiger partial charge in [0.15, 0.2) is 6.29 Å². The molecule has 2 aliphatic rings. The number of ether oxygens (including phenoxy) is 3. The van der Waals surface area contributed by atoms with E-state index in [0.717, 1.165) is 5.69 Å². The standard InChI is InChI=1S/C26H34N2O11.C13H13N3O/c29-11-17-20(32)21(33)23(35)25(38-17)39-24-18(12-30)37-16(19(31)22(24)34)10-13-6-8-15(9-7-13)28-26(36)27-14-4-2-1-3-5-14;14-10-6-8-12(9-7-10)16-13(17)15-11-4-2-1-3-5-11/h1-9,16-25,29-35H,10-12H2,(H2,27,28,36);1-9H,14H2,(H2,15,16,17). The summed E-state index contributed by atoms with van der Waals surface area (Å²) in [6.45, 7) is -1.28. The van der Waals surface area contributed by atoms with Gasteiger partial charge in [0.05, 0.1) is 19.3 Å². The van der Waals surface area contributed by atoms with Crippen molar-refractivity contribution in [1.29, 1.82) is 0 Å². The number of benzene rings is 4. The molecule has 13 N–H and O–H groups in total. The van der Waals surface area contributed by atoms with E-state index in [2.05, 4.69) is 21.3 Å². The first kappa shape index (κ1) is 42.0. The number of nitrogens with two attached hydrogens (primary N) is 1. The summed E-state index contributed by atoms with van der Waals surface area (Å²) in [5.41, 5.74) is 9.55. The van der Waals surface area contributed by atoms with Gasteiger partial charge in [-0.05, 0) is 66.2 Å². The average molecular weight is 778 g/mol. The Morgan fingerprint density at radius 2 is 0.982 bits per heavy atom. The molecule has 2 aliphatic heterocycles. The Bertz CT molecular complexity index is 1810. The largest absolute Gasteiger partial charge is 0.399 e. The quantitative estimate of drug-likeness (QED) is 0.102. The van der Waals surface area contributed by atoms with Gasteiger partial charge in [0.25, 0.3) is 0 Å². The van der Waals surface area contributed by atoms with Crippen LogP contribution in [0.3, 0.4) is 0 Å². The molecule has 10 atom stereocenters. The number of urea groups is 2. The highest BCUT2D eigenvalue weighted by molar-refractivity contribution is 6.00. The first-order valence-corrected chi connectivity index (χ1v) is 17.7. The SMILES string of the molecule is Nc1ccc(NC(=O)Nc2ccccc2)cc1.O=C(Nc1ccccc1)Nc1ccc(CC2OC(CO)C(OC3OC(CO)C(O)C(O)C3O)C(O)C2O)cc1. The molecule has 0 aromatic heterocycles. The fourth-order valence-electron chi connectivity index (χ4n) is 5.99. The first-order valence-electron chi connectivity index (χ1n) is 17.7. The van der Waals surface area contributed by atoms with Crippen LogP contribution >= 0.6 is 0 Å². The maximum Gasteiger partial charge on any atom is 0.323 e. The maximum absolute atomic E-state index is 12.2. The Morgan fingerprint density at radius 1 is 0.536 bits per heavy atom. The molecule has 0 bridgehead atoms. The molecule has 300 valence electrons. The van der Waals surface area contributed by atoms with Crippen LogP contribution in [0.25, 0.3) is 0 Å². The lowest BCUT2D eigenvalue weighted by Gasteiger charge is -2.46. The molecule has 17 nitrogen and oxygen atoms in total. The van der Waals surface area contributed by atoms with Crippen LogP contribution in [0.4, 0.5) is 38.0 Å². The number of anilines is 5. The first-order chi connectivity index (χ1) is 26.9. The fraction of sp³-hybridized carbons (Fsp3) is 0.333. The molecule has 2 heterocycles. The van der Waals surface area contributed by atoms with Crippen LogP contribution < -0.4 is 27.0 Å². The number of rotatable bonds is 10. The van der Waals surface area contributed by atoms with E-state index >= 15 is 0 Å². The van der Waals surface area contributed by atoms with E-state index < -0.39 is 80.5 Å². The van der Waals surface area contributed by atoms with Crippen molar-refractivity contribution < 1.29 is 59.5 Å². The number of hydrogen-bond donors (Lipinski definition) is 12. The number of para-hydroxylation sites is 2. The van der Waals surface area contributed by atoms with Crippen molar-refractivity contribution in [3.63, 3.8) is 0 Å². The molecule has 0 spiro atoms. The van der Waals surface area contributed by atoms with Crippen molar-refractivity contribution in [2.75, 3.05) is 40.2 Å². The predicted molar refractivity (Wildman–Crippen MR) is 206 cm³/mol. The van der Waals surface area contributed by atoms with Crippen molar-refractivity contribution in [2.24, 2.45) is 0 Å². The minimum Gasteiger partial charge on any atom is -0.399 e. The number of aliphatic hydroxyl groups excluding tert-OH is 7. The molecule has 17 heteroatoms. The molecule has 2 fully saturated rings. The van der Waals surface area contributed by atoms with Gasteiger partial charge in [0, 0.05) is 34.9 Å². The summed E-state index contributed by atoms with van der Waals surface area (Å²) in [5, 5.41) is 81.8. The van der Waals surface area contributed by atoms with Gasteiger partial charge < -0.3 is 77.0 Å². The van der Waals surface area contributed by atoms with Gasteiger partial charge >= 0.3 is 12.1 Å². The number of carbonyl (C=O) groups excluding carboxylic acids is 2. The fourth-order valence-corrected chi connectivity index (χ4v) is 5.99. The van der Waals surface area contributed by atoms with Crippen LogP contribution in [0, 0.1) is 0 Å². The summed E-state index contributed by atoms with van der Waals surface area (Å²) in [6, 6.07) is 31.2. The van der Waals surface area contributed by atoms with Crippen LogP contribution in [0.5, 0.6) is 0 Å². The second kappa shape index (κ2) is 20.1. The molecule has 2 saturated heterocycles. The van der Waals surface area contributed by atoms with Crippen molar-refractivity contribution in [3.05, 3.63) is 115 Å². The van der Waals surface area contributed by atoms with Gasteiger partial charge in [-0.2, -0.15) is 0 Å². The van der Waals surface area contributed by atoms with Crippen molar-refractivity contribution >= 4 is 40.5 Å². The topological polar surface area (TPSA) is 278 Å². The van der Waals surface area contributed by atoms with E-state index in [1.165, 1.54) is 0 Å². The van der Waals surface area contributed by atoms with Gasteiger partial charge in [-0.25, -0.2) is 9.59 Å². The van der Waals surface area contributed by atoms with Crippen LogP contribution in [0.2, 0.25) is 0 Å². The summed E-state index contributed by atoms with van der Waals surface area (Å²) in [5.74, 6) is 0. The molecule has 0 radical (unpaired) electrons. The Kier molecular flexibility index (Phi) is 15.1. The van der Waals surface area contributed by atoms with Crippen LogP contribution in [0.15, 0.2) is 109 Å². The zero-order valence-corrected chi connectivity index (χ0v) is 30.0. The van der Waals surface area contributed by atoms with Crippen molar-refractivity contribution in [3.8, 4) is 0 Å². The van der Waals surface area contributed by atoms with E-state index in [0.29, 0.717) is 28.3 Å². The normalized spacial score (nSPS) is 27.2. The zero-order chi connectivity index (χ0) is 40.2. The third kappa shape index (κ3) is 11.4. The molecular weight excluding hydrogens is 730 g/mol. The lowest BCUT2D eigenvalue weighted by Crippen LogP contribution is -2.64. The summed E-state index contributed by atoms with van der Waals surface area (Å²) >= 11 is 0. The third-order valence-electron chi connectivity index (χ3n) is 8.98. The number of nitrogens with one attached hydrogen (secondary N) is 4. The van der Waals surface area contributed by atoms with E-state index in [1.807, 2.05) is 36.4 Å². The molecular formula is C39H47N5O12. The van der Waals surface area contributed by atoms with Gasteiger partial charge in [0.2, 0.25) is 0 Å². The summed E-state index contributed by atoms with van der Waals surface area (Å²) in [6.07, 6.45) is -14.2. The van der Waals surface area contributed by atoms with E-state index in [-0.39, 0.29) is 12.5 Å². The lowest BCUT2D eigenvalue weighted by molar-refractivity contribution is -0.342. The predicted octanol–water partition coefficient (Wildman–Crippen LogP) is 1.45. The van der Waals surface area contributed by atoms with Crippen LogP contribution in [0.1, 0.15) is 5.56 Å². The summed E-state index contributed by atoms with van der Waals surface area (Å²) in [4.78, 5) is 23.8. The molecule has 4 amide bonds. The minimum atomic E-state index is -1.73. The second-order valence-electron chi connectivity index (χ2n) is 13.1. The molecule has 56 heavy (non-hydrogen) atoms. The van der Waals surface area contributed by atoms with E-state index in [9.17, 15) is 45.3 Å². The third-order valence-corrected chi connectivity index (χ3v) is 8.98. The number of carbonyl (C=O) groups is 2. The monoisotopic (exact) mass is 777 g/mol. The highest BCUT2D eigenvalue weighted by Crippen LogP contribution is 2.30.